The fourth-order valence-electron chi connectivity index (χ4n) is 2.43. The van der Waals surface area contributed by atoms with Crippen molar-refractivity contribution in [2.75, 3.05) is 0 Å². The molecule has 1 unspecified atom stereocenters. The maximum absolute atomic E-state index is 11.5. The summed E-state index contributed by atoms with van der Waals surface area (Å²) >= 11 is 0. The van der Waals surface area contributed by atoms with Crippen molar-refractivity contribution in [3.63, 3.8) is 0 Å². The summed E-state index contributed by atoms with van der Waals surface area (Å²) in [5.74, 6) is -0.316. The van der Waals surface area contributed by atoms with Crippen LogP contribution in [0.25, 0.3) is 0 Å². The van der Waals surface area contributed by atoms with Crippen molar-refractivity contribution in [1.29, 1.82) is 0 Å². The summed E-state index contributed by atoms with van der Waals surface area (Å²) in [6.45, 7) is 1.39. The topological polar surface area (TPSA) is 40.5 Å². The first-order valence-electron chi connectivity index (χ1n) is 7.23. The van der Waals surface area contributed by atoms with Gasteiger partial charge >= 0.3 is 0 Å². The van der Waals surface area contributed by atoms with Crippen LogP contribution in [0.5, 0.6) is 0 Å². The molecule has 0 bridgehead atoms. The molecule has 21 heavy (non-hydrogen) atoms. The number of carbonyl (C=O) groups is 1. The van der Waals surface area contributed by atoms with Crippen molar-refractivity contribution >= 4 is 5.91 Å². The lowest BCUT2D eigenvalue weighted by molar-refractivity contribution is -0.173. The summed E-state index contributed by atoms with van der Waals surface area (Å²) in [5, 5.41) is 10.9. The molecule has 0 aromatic heterocycles. The molecule has 1 amide bonds. The highest BCUT2D eigenvalue weighted by molar-refractivity contribution is 5.72. The van der Waals surface area contributed by atoms with E-state index in [0.717, 1.165) is 23.5 Å². The van der Waals surface area contributed by atoms with Crippen molar-refractivity contribution in [3.05, 3.63) is 71.8 Å². The van der Waals surface area contributed by atoms with Crippen molar-refractivity contribution in [2.45, 2.75) is 32.2 Å². The van der Waals surface area contributed by atoms with E-state index in [2.05, 4.69) is 12.1 Å². The van der Waals surface area contributed by atoms with Gasteiger partial charge in [0, 0.05) is 6.92 Å². The standard InChI is InChI=1S/C18H21NO2/c1-15(20)19(21)18(14-17-10-6-3-7-11-17)13-12-16-8-4-2-5-9-16/h2-11,18,21H,12-14H2,1H3. The Labute approximate surface area is 125 Å². The molecule has 0 saturated heterocycles. The van der Waals surface area contributed by atoms with Gasteiger partial charge < -0.3 is 0 Å². The van der Waals surface area contributed by atoms with Crippen LogP contribution in [0, 0.1) is 0 Å². The van der Waals surface area contributed by atoms with Gasteiger partial charge in [-0.3, -0.25) is 10.0 Å². The van der Waals surface area contributed by atoms with Crippen LogP contribution in [0.4, 0.5) is 0 Å². The minimum Gasteiger partial charge on any atom is -0.286 e. The van der Waals surface area contributed by atoms with Crippen molar-refractivity contribution in [3.8, 4) is 0 Å². The van der Waals surface area contributed by atoms with Gasteiger partial charge in [0.25, 0.3) is 0 Å². The number of rotatable bonds is 6. The first kappa shape index (κ1) is 15.3. The highest BCUT2D eigenvalue weighted by Gasteiger charge is 2.19. The van der Waals surface area contributed by atoms with E-state index in [1.54, 1.807) is 0 Å². The third-order valence-corrected chi connectivity index (χ3v) is 3.59. The smallest absolute Gasteiger partial charge is 0.243 e. The van der Waals surface area contributed by atoms with Crippen LogP contribution in [-0.2, 0) is 17.6 Å². The zero-order valence-electron chi connectivity index (χ0n) is 12.3. The van der Waals surface area contributed by atoms with Crippen molar-refractivity contribution in [1.82, 2.24) is 5.06 Å². The fraction of sp³-hybridized carbons (Fsp3) is 0.278. The number of amides is 1. The second-order valence-electron chi connectivity index (χ2n) is 5.23. The molecule has 2 aromatic carbocycles. The van der Waals surface area contributed by atoms with Gasteiger partial charge in [0.2, 0.25) is 5.91 Å². The molecule has 110 valence electrons. The zero-order valence-corrected chi connectivity index (χ0v) is 12.3. The predicted octanol–water partition coefficient (Wildman–Crippen LogP) is 3.47. The second-order valence-corrected chi connectivity index (χ2v) is 5.23. The summed E-state index contributed by atoms with van der Waals surface area (Å²) in [6, 6.07) is 19.9. The van der Waals surface area contributed by atoms with Gasteiger partial charge in [0.15, 0.2) is 0 Å². The summed E-state index contributed by atoms with van der Waals surface area (Å²) in [6.07, 6.45) is 2.22. The third-order valence-electron chi connectivity index (χ3n) is 3.59. The Balaban J connectivity index is 2.03. The van der Waals surface area contributed by atoms with E-state index in [0.29, 0.717) is 6.42 Å². The quantitative estimate of drug-likeness (QED) is 0.651. The van der Waals surface area contributed by atoms with E-state index in [9.17, 15) is 10.0 Å². The number of carbonyl (C=O) groups excluding carboxylic acids is 1. The van der Waals surface area contributed by atoms with Crippen molar-refractivity contribution < 1.29 is 10.0 Å². The fourth-order valence-corrected chi connectivity index (χ4v) is 2.43. The number of hydrogen-bond donors (Lipinski definition) is 1. The van der Waals surface area contributed by atoms with E-state index < -0.39 is 0 Å². The number of nitrogens with zero attached hydrogens (tertiary/aromatic N) is 1. The van der Waals surface area contributed by atoms with Gasteiger partial charge in [0.1, 0.15) is 0 Å². The van der Waals surface area contributed by atoms with Crippen LogP contribution in [0.2, 0.25) is 0 Å². The van der Waals surface area contributed by atoms with E-state index in [1.165, 1.54) is 12.5 Å². The molecule has 3 heteroatoms. The lowest BCUT2D eigenvalue weighted by atomic mass is 9.98. The molecular formula is C18H21NO2. The van der Waals surface area contributed by atoms with Gasteiger partial charge in [0.05, 0.1) is 6.04 Å². The first-order chi connectivity index (χ1) is 10.2. The maximum Gasteiger partial charge on any atom is 0.243 e. The third kappa shape index (κ3) is 4.72. The molecule has 0 saturated carbocycles. The molecule has 0 spiro atoms. The molecule has 0 aliphatic rings. The van der Waals surface area contributed by atoms with E-state index in [-0.39, 0.29) is 11.9 Å². The molecule has 0 aliphatic carbocycles. The Morgan fingerprint density at radius 2 is 1.52 bits per heavy atom. The molecule has 1 N–H and O–H groups in total. The summed E-state index contributed by atoms with van der Waals surface area (Å²) in [4.78, 5) is 11.5. The summed E-state index contributed by atoms with van der Waals surface area (Å²) < 4.78 is 0. The Morgan fingerprint density at radius 1 is 1.00 bits per heavy atom. The molecule has 3 nitrogen and oxygen atoms in total. The van der Waals surface area contributed by atoms with E-state index >= 15 is 0 Å². The van der Waals surface area contributed by atoms with Crippen molar-refractivity contribution in [2.24, 2.45) is 0 Å². The maximum atomic E-state index is 11.5. The minimum atomic E-state index is -0.316. The number of hydrogen-bond acceptors (Lipinski definition) is 2. The average Bonchev–Trinajstić information content (AvgIpc) is 2.52. The molecule has 1 atom stereocenters. The molecule has 2 rings (SSSR count). The number of aryl methyl sites for hydroxylation is 1. The molecule has 0 radical (unpaired) electrons. The second kappa shape index (κ2) is 7.60. The Kier molecular flexibility index (Phi) is 5.52. The lowest BCUT2D eigenvalue weighted by Crippen LogP contribution is -2.38. The molecule has 2 aromatic rings. The summed E-state index contributed by atoms with van der Waals surface area (Å²) in [5.41, 5.74) is 2.34. The van der Waals surface area contributed by atoms with Gasteiger partial charge in [-0.05, 0) is 30.4 Å². The molecular weight excluding hydrogens is 262 g/mol. The van der Waals surface area contributed by atoms with E-state index in [4.69, 9.17) is 0 Å². The van der Waals surface area contributed by atoms with Gasteiger partial charge in [-0.25, -0.2) is 5.06 Å². The lowest BCUT2D eigenvalue weighted by Gasteiger charge is -2.25. The normalized spacial score (nSPS) is 11.9. The average molecular weight is 283 g/mol. The minimum absolute atomic E-state index is 0.204. The van der Waals surface area contributed by atoms with Crippen LogP contribution in [0.15, 0.2) is 60.7 Å². The largest absolute Gasteiger partial charge is 0.286 e. The van der Waals surface area contributed by atoms with Gasteiger partial charge in [-0.15, -0.1) is 0 Å². The van der Waals surface area contributed by atoms with Crippen LogP contribution in [0.1, 0.15) is 24.5 Å². The number of benzene rings is 2. The van der Waals surface area contributed by atoms with Crippen LogP contribution < -0.4 is 0 Å². The first-order valence-corrected chi connectivity index (χ1v) is 7.23. The van der Waals surface area contributed by atoms with Gasteiger partial charge in [-0.1, -0.05) is 60.7 Å². The monoisotopic (exact) mass is 283 g/mol. The Morgan fingerprint density at radius 3 is 2.05 bits per heavy atom. The summed E-state index contributed by atoms with van der Waals surface area (Å²) in [7, 11) is 0. The molecule has 0 aliphatic heterocycles. The SMILES string of the molecule is CC(=O)N(O)C(CCc1ccccc1)Cc1ccccc1. The number of hydroxylamine groups is 2. The van der Waals surface area contributed by atoms with E-state index in [1.807, 2.05) is 48.5 Å². The van der Waals surface area contributed by atoms with Crippen LogP contribution in [-0.4, -0.2) is 22.2 Å². The molecule has 0 heterocycles. The highest BCUT2D eigenvalue weighted by Crippen LogP contribution is 2.14. The zero-order chi connectivity index (χ0) is 15.1. The Hall–Kier alpha value is -2.13. The van der Waals surface area contributed by atoms with Gasteiger partial charge in [-0.2, -0.15) is 0 Å². The predicted molar refractivity (Wildman–Crippen MR) is 83.0 cm³/mol. The Bertz CT molecular complexity index is 554. The molecule has 0 fully saturated rings. The van der Waals surface area contributed by atoms with Crippen LogP contribution in [0.3, 0.4) is 0 Å². The van der Waals surface area contributed by atoms with Crippen LogP contribution >= 0.6 is 0 Å². The highest BCUT2D eigenvalue weighted by atomic mass is 16.5.